The summed E-state index contributed by atoms with van der Waals surface area (Å²) in [6.45, 7) is 10.6. The van der Waals surface area contributed by atoms with E-state index in [0.717, 1.165) is 5.56 Å². The maximum absolute atomic E-state index is 13.4. The van der Waals surface area contributed by atoms with E-state index in [2.05, 4.69) is 10.6 Å². The van der Waals surface area contributed by atoms with E-state index >= 15 is 0 Å². The highest BCUT2D eigenvalue weighted by Crippen LogP contribution is 2.26. The lowest BCUT2D eigenvalue weighted by molar-refractivity contribution is -0.155. The minimum absolute atomic E-state index is 0.0261. The Morgan fingerprint density at radius 3 is 2.23 bits per heavy atom. The first kappa shape index (κ1) is 31.6. The van der Waals surface area contributed by atoms with Crippen molar-refractivity contribution in [3.05, 3.63) is 35.9 Å². The third-order valence-corrected chi connectivity index (χ3v) is 6.10. The highest BCUT2D eigenvalue weighted by atomic mass is 16.6. The van der Waals surface area contributed by atoms with Crippen molar-refractivity contribution < 1.29 is 38.6 Å². The molecule has 39 heavy (non-hydrogen) atoms. The van der Waals surface area contributed by atoms with E-state index in [1.165, 1.54) is 4.90 Å². The summed E-state index contributed by atoms with van der Waals surface area (Å²) >= 11 is 0. The quantitative estimate of drug-likeness (QED) is 0.378. The molecule has 1 heterocycles. The van der Waals surface area contributed by atoms with E-state index in [4.69, 9.17) is 9.47 Å². The summed E-state index contributed by atoms with van der Waals surface area (Å²) in [7, 11) is 0. The Morgan fingerprint density at radius 1 is 1.03 bits per heavy atom. The first-order valence-corrected chi connectivity index (χ1v) is 13.1. The van der Waals surface area contributed by atoms with Crippen LogP contribution >= 0.6 is 0 Å². The van der Waals surface area contributed by atoms with Gasteiger partial charge in [0.25, 0.3) is 0 Å². The van der Waals surface area contributed by atoms with Gasteiger partial charge in [-0.15, -0.1) is 0 Å². The van der Waals surface area contributed by atoms with Gasteiger partial charge in [0.15, 0.2) is 0 Å². The van der Waals surface area contributed by atoms with Crippen molar-refractivity contribution in [1.29, 1.82) is 0 Å². The molecule has 0 bridgehead atoms. The first-order valence-electron chi connectivity index (χ1n) is 13.1. The van der Waals surface area contributed by atoms with E-state index in [0.29, 0.717) is 12.8 Å². The average molecular weight is 548 g/mol. The number of amides is 3. The zero-order valence-corrected chi connectivity index (χ0v) is 23.6. The molecule has 0 aromatic heterocycles. The SMILES string of the molecule is CC(C)(C)OC(=O)CC[C@H](NC(=O)OCc1ccccc1)C(=O)NC(C(=O)N1CCC[C@@H]1C(=O)O)C(C)(C)C. The Labute approximate surface area is 229 Å². The summed E-state index contributed by atoms with van der Waals surface area (Å²) in [6, 6.07) is 5.73. The fourth-order valence-electron chi connectivity index (χ4n) is 4.18. The van der Waals surface area contributed by atoms with Crippen molar-refractivity contribution in [2.45, 2.75) is 97.6 Å². The Hall–Kier alpha value is -3.63. The van der Waals surface area contributed by atoms with E-state index in [-0.39, 0.29) is 26.0 Å². The second-order valence-corrected chi connectivity index (χ2v) is 11.7. The van der Waals surface area contributed by atoms with Crippen LogP contribution in [0.5, 0.6) is 0 Å². The number of esters is 1. The molecular formula is C28H41N3O8. The highest BCUT2D eigenvalue weighted by Gasteiger charge is 2.42. The summed E-state index contributed by atoms with van der Waals surface area (Å²) in [5.74, 6) is -2.87. The van der Waals surface area contributed by atoms with Gasteiger partial charge in [-0.1, -0.05) is 51.1 Å². The number of likely N-dealkylation sites (tertiary alicyclic amines) is 1. The molecule has 1 aliphatic rings. The molecule has 0 aliphatic carbocycles. The van der Waals surface area contributed by atoms with Gasteiger partial charge in [-0.25, -0.2) is 9.59 Å². The molecule has 216 valence electrons. The molecule has 1 aromatic rings. The highest BCUT2D eigenvalue weighted by molar-refractivity contribution is 5.93. The lowest BCUT2D eigenvalue weighted by Crippen LogP contribution is -2.59. The number of alkyl carbamates (subject to hydrolysis) is 1. The number of rotatable bonds is 10. The molecule has 2 rings (SSSR count). The number of carbonyl (C=O) groups excluding carboxylic acids is 4. The van der Waals surface area contributed by atoms with Crippen LogP contribution in [0.3, 0.4) is 0 Å². The standard InChI is InChI=1S/C28H41N3O8/c1-27(2,3)22(24(34)31-16-10-13-20(31)25(35)36)30-23(33)19(14-15-21(32)39-28(4,5)6)29-26(37)38-17-18-11-8-7-9-12-18/h7-9,11-12,19-20,22H,10,13-17H2,1-6H3,(H,29,37)(H,30,33)(H,35,36)/t19-,20+,22?/m0/s1. The van der Waals surface area contributed by atoms with Crippen molar-refractivity contribution in [1.82, 2.24) is 15.5 Å². The number of nitrogens with zero attached hydrogens (tertiary/aromatic N) is 1. The molecule has 11 nitrogen and oxygen atoms in total. The van der Waals surface area contributed by atoms with Crippen molar-refractivity contribution in [2.24, 2.45) is 5.41 Å². The van der Waals surface area contributed by atoms with Gasteiger partial charge in [0.2, 0.25) is 11.8 Å². The monoisotopic (exact) mass is 547 g/mol. The minimum atomic E-state index is -1.22. The van der Waals surface area contributed by atoms with Crippen LogP contribution in [0.4, 0.5) is 4.79 Å². The van der Waals surface area contributed by atoms with E-state index in [9.17, 15) is 29.1 Å². The second kappa shape index (κ2) is 13.4. The summed E-state index contributed by atoms with van der Waals surface area (Å²) in [5.41, 5.74) is -0.752. The molecule has 0 spiro atoms. The number of hydrogen-bond acceptors (Lipinski definition) is 7. The van der Waals surface area contributed by atoms with Crippen LogP contribution in [0.15, 0.2) is 30.3 Å². The summed E-state index contributed by atoms with van der Waals surface area (Å²) < 4.78 is 10.6. The molecule has 1 saturated heterocycles. The molecular weight excluding hydrogens is 506 g/mol. The third kappa shape index (κ3) is 10.2. The number of ether oxygens (including phenoxy) is 2. The maximum Gasteiger partial charge on any atom is 0.408 e. The number of carboxylic acid groups (broad SMARTS) is 1. The van der Waals surface area contributed by atoms with Crippen molar-refractivity contribution in [3.8, 4) is 0 Å². The number of hydrogen-bond donors (Lipinski definition) is 3. The number of aliphatic carboxylic acids is 1. The first-order chi connectivity index (χ1) is 18.1. The molecule has 1 aliphatic heterocycles. The Morgan fingerprint density at radius 2 is 1.67 bits per heavy atom. The van der Waals surface area contributed by atoms with Crippen molar-refractivity contribution >= 4 is 29.8 Å². The molecule has 3 N–H and O–H groups in total. The zero-order chi connectivity index (χ0) is 29.4. The topological polar surface area (TPSA) is 151 Å². The van der Waals surface area contributed by atoms with Crippen LogP contribution in [-0.2, 0) is 35.3 Å². The zero-order valence-electron chi connectivity index (χ0n) is 23.6. The number of carboxylic acids is 1. The van der Waals surface area contributed by atoms with Gasteiger partial charge in [0, 0.05) is 13.0 Å². The van der Waals surface area contributed by atoms with Crippen LogP contribution in [0, 0.1) is 5.41 Å². The minimum Gasteiger partial charge on any atom is -0.480 e. The predicted octanol–water partition coefficient (Wildman–Crippen LogP) is 3.01. The Kier molecular flexibility index (Phi) is 10.9. The molecule has 0 saturated carbocycles. The summed E-state index contributed by atoms with van der Waals surface area (Å²) in [4.78, 5) is 64.7. The molecule has 1 fully saturated rings. The summed E-state index contributed by atoms with van der Waals surface area (Å²) in [5, 5.41) is 14.7. The van der Waals surface area contributed by atoms with Gasteiger partial charge in [-0.3, -0.25) is 14.4 Å². The normalized spacial score (nSPS) is 17.1. The van der Waals surface area contributed by atoms with E-state index in [1.54, 1.807) is 65.8 Å². The van der Waals surface area contributed by atoms with E-state index in [1.807, 2.05) is 6.07 Å². The Balaban J connectivity index is 2.18. The van der Waals surface area contributed by atoms with Crippen molar-refractivity contribution in [2.75, 3.05) is 6.54 Å². The smallest absolute Gasteiger partial charge is 0.408 e. The third-order valence-electron chi connectivity index (χ3n) is 6.10. The molecule has 0 radical (unpaired) electrons. The number of carbonyl (C=O) groups is 5. The van der Waals surface area contributed by atoms with Crippen molar-refractivity contribution in [3.63, 3.8) is 0 Å². The van der Waals surface area contributed by atoms with Crippen LogP contribution in [0.2, 0.25) is 0 Å². The molecule has 1 aromatic carbocycles. The van der Waals surface area contributed by atoms with Crippen LogP contribution in [-0.4, -0.2) is 70.1 Å². The van der Waals surface area contributed by atoms with Gasteiger partial charge < -0.3 is 30.1 Å². The van der Waals surface area contributed by atoms with Crippen LogP contribution < -0.4 is 10.6 Å². The van der Waals surface area contributed by atoms with Gasteiger partial charge >= 0.3 is 18.0 Å². The van der Waals surface area contributed by atoms with Crippen LogP contribution in [0.1, 0.15) is 72.8 Å². The predicted molar refractivity (Wildman–Crippen MR) is 142 cm³/mol. The van der Waals surface area contributed by atoms with Gasteiger partial charge in [0.05, 0.1) is 0 Å². The van der Waals surface area contributed by atoms with Gasteiger partial charge in [0.1, 0.15) is 30.3 Å². The fourth-order valence-corrected chi connectivity index (χ4v) is 4.18. The molecule has 1 unspecified atom stereocenters. The largest absolute Gasteiger partial charge is 0.480 e. The fraction of sp³-hybridized carbons (Fsp3) is 0.607. The summed E-state index contributed by atoms with van der Waals surface area (Å²) in [6.07, 6.45) is -0.268. The van der Waals surface area contributed by atoms with E-state index < -0.39 is 59.0 Å². The van der Waals surface area contributed by atoms with Crippen LogP contribution in [0.25, 0.3) is 0 Å². The number of benzene rings is 1. The molecule has 3 atom stereocenters. The maximum atomic E-state index is 13.4. The number of nitrogens with one attached hydrogen (secondary N) is 2. The Bertz CT molecular complexity index is 1030. The lowest BCUT2D eigenvalue weighted by atomic mass is 9.85. The van der Waals surface area contributed by atoms with Gasteiger partial charge in [-0.2, -0.15) is 0 Å². The molecule has 11 heteroatoms. The average Bonchev–Trinajstić information content (AvgIpc) is 3.32. The lowest BCUT2D eigenvalue weighted by Gasteiger charge is -2.35. The molecule has 3 amide bonds. The second-order valence-electron chi connectivity index (χ2n) is 11.7. The van der Waals surface area contributed by atoms with Gasteiger partial charge in [-0.05, 0) is 51.0 Å².